The molecule has 2 aromatic heterocycles. The van der Waals surface area contributed by atoms with E-state index in [9.17, 15) is 18.4 Å². The van der Waals surface area contributed by atoms with Gasteiger partial charge in [-0.1, -0.05) is 72.8 Å². The molecule has 0 bridgehead atoms. The molecule has 0 fully saturated rings. The summed E-state index contributed by atoms with van der Waals surface area (Å²) in [6.07, 6.45) is -4.48. The lowest BCUT2D eigenvalue weighted by molar-refractivity contribution is -0.137. The number of rotatable bonds is 5. The van der Waals surface area contributed by atoms with Gasteiger partial charge in [-0.05, 0) is 54.1 Å². The number of fused-ring (bicyclic) bond motifs is 6. The standard InChI is InChI=1S/C38H20F3I2N3S2/c39-38(40,41)29-12-2-3-13-31(29)46(43)33-16-7-11-26-27-20-22(18-19-35(27)48-37(26)33)23-9-5-14-30(28(23)21-44)45(42)32-15-6-10-25-24-8-1-4-17-34(24)47-36(25)32/h1-20H. The lowest BCUT2D eigenvalue weighted by atomic mass is 9.97. The number of anilines is 4. The van der Waals surface area contributed by atoms with Gasteiger partial charge < -0.3 is 0 Å². The number of benzene rings is 6. The minimum Gasteiger partial charge on any atom is -0.281 e. The maximum atomic E-state index is 13.9. The molecule has 0 saturated heterocycles. The van der Waals surface area contributed by atoms with E-state index in [2.05, 4.69) is 80.6 Å². The fourth-order valence-corrected chi connectivity index (χ4v) is 10.5. The smallest absolute Gasteiger partial charge is 0.281 e. The van der Waals surface area contributed by atoms with E-state index in [0.717, 1.165) is 53.4 Å². The Labute approximate surface area is 309 Å². The quantitative estimate of drug-likeness (QED) is 0.127. The lowest BCUT2D eigenvalue weighted by Crippen LogP contribution is -2.12. The van der Waals surface area contributed by atoms with Crippen LogP contribution in [0.5, 0.6) is 0 Å². The Balaban J connectivity index is 1.23. The molecule has 0 spiro atoms. The van der Waals surface area contributed by atoms with Crippen molar-refractivity contribution in [3.05, 3.63) is 132 Å². The van der Waals surface area contributed by atoms with Crippen molar-refractivity contribution in [2.24, 2.45) is 0 Å². The number of thiophene rings is 2. The molecule has 0 aliphatic rings. The molecule has 10 heteroatoms. The normalized spacial score (nSPS) is 11.8. The minimum absolute atomic E-state index is 0.0846. The largest absolute Gasteiger partial charge is 0.418 e. The van der Waals surface area contributed by atoms with E-state index in [1.54, 1.807) is 31.9 Å². The first-order valence-electron chi connectivity index (χ1n) is 14.7. The Kier molecular flexibility index (Phi) is 7.98. The number of nitriles is 1. The fourth-order valence-electron chi connectivity index (χ4n) is 6.20. The average Bonchev–Trinajstić information content (AvgIpc) is 3.68. The van der Waals surface area contributed by atoms with E-state index < -0.39 is 11.7 Å². The van der Waals surface area contributed by atoms with Gasteiger partial charge in [0.05, 0.1) is 89.0 Å². The summed E-state index contributed by atoms with van der Waals surface area (Å²) in [5, 5.41) is 14.9. The summed E-state index contributed by atoms with van der Waals surface area (Å²) in [6, 6.07) is 40.6. The molecule has 0 saturated carbocycles. The number of hydrogen-bond acceptors (Lipinski definition) is 5. The molecular formula is C38H20F3I2N3S2. The van der Waals surface area contributed by atoms with Gasteiger partial charge in [-0.25, -0.2) is 0 Å². The van der Waals surface area contributed by atoms with E-state index >= 15 is 0 Å². The zero-order chi connectivity index (χ0) is 33.2. The van der Waals surface area contributed by atoms with Crippen LogP contribution in [0.1, 0.15) is 11.1 Å². The average molecular weight is 894 g/mol. The van der Waals surface area contributed by atoms with E-state index in [4.69, 9.17) is 0 Å². The monoisotopic (exact) mass is 893 g/mol. The number of halogens is 5. The molecule has 2 heterocycles. The van der Waals surface area contributed by atoms with Gasteiger partial charge >= 0.3 is 6.18 Å². The third-order valence-corrected chi connectivity index (χ3v) is 12.9. The molecule has 8 rings (SSSR count). The molecular weight excluding hydrogens is 873 g/mol. The van der Waals surface area contributed by atoms with E-state index in [-0.39, 0.29) is 5.69 Å². The number of hydrogen-bond donors (Lipinski definition) is 0. The van der Waals surface area contributed by atoms with Gasteiger partial charge in [0.15, 0.2) is 0 Å². The summed E-state index contributed by atoms with van der Waals surface area (Å²) in [4.78, 5) is 0. The second kappa shape index (κ2) is 12.2. The third kappa shape index (κ3) is 5.19. The number of nitrogens with zero attached hydrogens (tertiary/aromatic N) is 3. The summed E-state index contributed by atoms with van der Waals surface area (Å²) in [7, 11) is 0. The topological polar surface area (TPSA) is 30.3 Å². The molecule has 8 aromatic rings. The lowest BCUT2D eigenvalue weighted by Gasteiger charge is -2.22. The van der Waals surface area contributed by atoms with Crippen molar-refractivity contribution in [2.75, 3.05) is 6.23 Å². The summed E-state index contributed by atoms with van der Waals surface area (Å²) in [6.45, 7) is 0. The highest BCUT2D eigenvalue weighted by Crippen LogP contribution is 2.48. The number of para-hydroxylation sites is 1. The SMILES string of the molecule is N#Cc1c(-c2ccc3sc4c(N(I)c5ccccc5C(F)(F)F)cccc4c3c2)cccc1N(I)c1cccc2c1sc1ccccc12. The van der Waals surface area contributed by atoms with Crippen molar-refractivity contribution >= 4 is 131 Å². The molecule has 0 unspecified atom stereocenters. The molecule has 3 nitrogen and oxygen atoms in total. The summed E-state index contributed by atoms with van der Waals surface area (Å²) < 4.78 is 49.6. The second-order valence-electron chi connectivity index (χ2n) is 11.1. The zero-order valence-electron chi connectivity index (χ0n) is 24.6. The van der Waals surface area contributed by atoms with E-state index in [0.29, 0.717) is 11.3 Å². The molecule has 0 radical (unpaired) electrons. The van der Waals surface area contributed by atoms with Gasteiger partial charge in [0.25, 0.3) is 0 Å². The molecule has 48 heavy (non-hydrogen) atoms. The summed E-state index contributed by atoms with van der Waals surface area (Å²) in [5.41, 5.74) is 4.16. The highest BCUT2D eigenvalue weighted by molar-refractivity contribution is 14.1. The Morgan fingerprint density at radius 2 is 1.10 bits per heavy atom. The van der Waals surface area contributed by atoms with Crippen molar-refractivity contribution < 1.29 is 13.2 Å². The molecule has 0 amide bonds. The van der Waals surface area contributed by atoms with Crippen molar-refractivity contribution in [3.8, 4) is 17.2 Å². The van der Waals surface area contributed by atoms with Crippen molar-refractivity contribution in [2.45, 2.75) is 6.18 Å². The Hall–Kier alpha value is -3.90. The molecule has 234 valence electrons. The summed E-state index contributed by atoms with van der Waals surface area (Å²) >= 11 is 7.54. The van der Waals surface area contributed by atoms with Crippen molar-refractivity contribution in [3.63, 3.8) is 0 Å². The molecule has 0 N–H and O–H groups in total. The van der Waals surface area contributed by atoms with Crippen LogP contribution in [-0.2, 0) is 6.18 Å². The van der Waals surface area contributed by atoms with Gasteiger partial charge in [0.1, 0.15) is 6.07 Å². The fraction of sp³-hybridized carbons (Fsp3) is 0.0263. The van der Waals surface area contributed by atoms with Crippen molar-refractivity contribution in [1.29, 1.82) is 5.26 Å². The van der Waals surface area contributed by atoms with Crippen LogP contribution in [0, 0.1) is 11.3 Å². The highest BCUT2D eigenvalue weighted by Gasteiger charge is 2.35. The maximum absolute atomic E-state index is 13.9. The first kappa shape index (κ1) is 31.4. The zero-order valence-corrected chi connectivity index (χ0v) is 30.5. The molecule has 6 aromatic carbocycles. The van der Waals surface area contributed by atoms with E-state index in [1.165, 1.54) is 27.6 Å². The van der Waals surface area contributed by atoms with Crippen LogP contribution in [0.3, 0.4) is 0 Å². The highest BCUT2D eigenvalue weighted by atomic mass is 127. The summed E-state index contributed by atoms with van der Waals surface area (Å²) in [5.74, 6) is 0. The van der Waals surface area contributed by atoms with Crippen LogP contribution in [0.2, 0.25) is 0 Å². The van der Waals surface area contributed by atoms with Gasteiger partial charge in [-0.15, -0.1) is 22.7 Å². The van der Waals surface area contributed by atoms with Crippen LogP contribution in [-0.4, -0.2) is 0 Å². The Morgan fingerprint density at radius 3 is 1.81 bits per heavy atom. The van der Waals surface area contributed by atoms with Gasteiger partial charge in [-0.3, -0.25) is 6.23 Å². The van der Waals surface area contributed by atoms with Crippen LogP contribution < -0.4 is 6.23 Å². The van der Waals surface area contributed by atoms with Crippen LogP contribution >= 0.6 is 68.4 Å². The van der Waals surface area contributed by atoms with Crippen molar-refractivity contribution in [1.82, 2.24) is 0 Å². The van der Waals surface area contributed by atoms with Crippen LogP contribution in [0.4, 0.5) is 35.9 Å². The van der Waals surface area contributed by atoms with Gasteiger partial charge in [0, 0.05) is 36.5 Å². The predicted octanol–water partition coefficient (Wildman–Crippen LogP) is 14.0. The predicted molar refractivity (Wildman–Crippen MR) is 213 cm³/mol. The van der Waals surface area contributed by atoms with Crippen LogP contribution in [0.25, 0.3) is 51.5 Å². The van der Waals surface area contributed by atoms with Crippen LogP contribution in [0.15, 0.2) is 121 Å². The molecule has 0 atom stereocenters. The molecule has 0 aliphatic heterocycles. The van der Waals surface area contributed by atoms with Gasteiger partial charge in [0.2, 0.25) is 0 Å². The van der Waals surface area contributed by atoms with E-state index in [1.807, 2.05) is 71.4 Å². The second-order valence-corrected chi connectivity index (χ2v) is 15.1. The molecule has 0 aliphatic carbocycles. The maximum Gasteiger partial charge on any atom is 0.418 e. The first-order valence-corrected chi connectivity index (χ1v) is 18.3. The Bertz CT molecular complexity index is 2590. The Morgan fingerprint density at radius 1 is 0.562 bits per heavy atom. The minimum atomic E-state index is -4.48. The van der Waals surface area contributed by atoms with Gasteiger partial charge in [-0.2, -0.15) is 18.4 Å². The third-order valence-electron chi connectivity index (χ3n) is 8.38. The number of alkyl halides is 3. The first-order chi connectivity index (χ1) is 23.2.